The molecule has 0 aromatic heterocycles. The third-order valence-electron chi connectivity index (χ3n) is 2.71. The number of nitrogens with two attached hydrogens (primary N) is 1. The van der Waals surface area contributed by atoms with E-state index in [4.69, 9.17) is 5.73 Å². The first kappa shape index (κ1) is 9.94. The second-order valence-electron chi connectivity index (χ2n) is 3.85. The number of fused-ring (bicyclic) bond motifs is 1. The molecule has 0 amide bonds. The summed E-state index contributed by atoms with van der Waals surface area (Å²) in [5.41, 5.74) is 9.98. The van der Waals surface area contributed by atoms with Crippen LogP contribution in [0.15, 0.2) is 28.2 Å². The van der Waals surface area contributed by atoms with Gasteiger partial charge in [0.15, 0.2) is 0 Å². The van der Waals surface area contributed by atoms with E-state index >= 15 is 0 Å². The van der Waals surface area contributed by atoms with Gasteiger partial charge in [-0.15, -0.1) is 0 Å². The Kier molecular flexibility index (Phi) is 2.75. The van der Waals surface area contributed by atoms with E-state index in [-0.39, 0.29) is 6.04 Å². The molecule has 1 aliphatic rings. The molecule has 1 aromatic carbocycles. The Morgan fingerprint density at radius 3 is 2.86 bits per heavy atom. The van der Waals surface area contributed by atoms with Gasteiger partial charge in [0.25, 0.3) is 0 Å². The smallest absolute Gasteiger partial charge is 0.0228 e. The second-order valence-corrected chi connectivity index (χ2v) is 4.77. The number of rotatable bonds is 1. The predicted octanol–water partition coefficient (Wildman–Crippen LogP) is 3.13. The predicted molar refractivity (Wildman–Crippen MR) is 64.1 cm³/mol. The first-order valence-corrected chi connectivity index (χ1v) is 5.70. The van der Waals surface area contributed by atoms with Gasteiger partial charge in [-0.25, -0.2) is 0 Å². The Labute approximate surface area is 93.1 Å². The summed E-state index contributed by atoms with van der Waals surface area (Å²) in [6.45, 7) is 2.05. The molecule has 0 aliphatic heterocycles. The van der Waals surface area contributed by atoms with Crippen molar-refractivity contribution in [2.24, 2.45) is 5.73 Å². The first-order chi connectivity index (χ1) is 6.66. The molecule has 0 radical (unpaired) electrons. The van der Waals surface area contributed by atoms with Crippen molar-refractivity contribution < 1.29 is 0 Å². The lowest BCUT2D eigenvalue weighted by Gasteiger charge is -2.19. The van der Waals surface area contributed by atoms with Crippen LogP contribution >= 0.6 is 15.9 Å². The molecule has 0 saturated carbocycles. The molecule has 2 N–H and O–H groups in total. The van der Waals surface area contributed by atoms with Crippen molar-refractivity contribution in [2.75, 3.05) is 0 Å². The van der Waals surface area contributed by atoms with Gasteiger partial charge in [-0.1, -0.05) is 33.6 Å². The summed E-state index contributed by atoms with van der Waals surface area (Å²) >= 11 is 3.49. The topological polar surface area (TPSA) is 26.0 Å². The average molecular weight is 252 g/mol. The SMILES string of the molecule is CC(N)C1=Cc2ccc(Br)cc2CC1. The van der Waals surface area contributed by atoms with E-state index in [9.17, 15) is 0 Å². The molecule has 14 heavy (non-hydrogen) atoms. The maximum Gasteiger partial charge on any atom is 0.0228 e. The molecule has 0 bridgehead atoms. The molecule has 0 heterocycles. The minimum Gasteiger partial charge on any atom is -0.324 e. The van der Waals surface area contributed by atoms with Gasteiger partial charge in [0.05, 0.1) is 0 Å². The van der Waals surface area contributed by atoms with Crippen molar-refractivity contribution in [3.05, 3.63) is 39.4 Å². The van der Waals surface area contributed by atoms with E-state index in [0.717, 1.165) is 17.3 Å². The second kappa shape index (κ2) is 3.87. The van der Waals surface area contributed by atoms with Crippen LogP contribution in [0.2, 0.25) is 0 Å². The highest BCUT2D eigenvalue weighted by molar-refractivity contribution is 9.10. The van der Waals surface area contributed by atoms with Crippen LogP contribution in [-0.2, 0) is 6.42 Å². The van der Waals surface area contributed by atoms with Crippen LogP contribution in [0.5, 0.6) is 0 Å². The number of aryl methyl sites for hydroxylation is 1. The summed E-state index contributed by atoms with van der Waals surface area (Å²) in [4.78, 5) is 0. The molecular weight excluding hydrogens is 238 g/mol. The molecule has 2 rings (SSSR count). The number of benzene rings is 1. The average Bonchev–Trinajstić information content (AvgIpc) is 2.16. The number of hydrogen-bond donors (Lipinski definition) is 1. The minimum atomic E-state index is 0.187. The van der Waals surface area contributed by atoms with E-state index < -0.39 is 0 Å². The summed E-state index contributed by atoms with van der Waals surface area (Å²) in [7, 11) is 0. The molecule has 0 spiro atoms. The zero-order valence-corrected chi connectivity index (χ0v) is 9.84. The van der Waals surface area contributed by atoms with Crippen LogP contribution in [0.3, 0.4) is 0 Å². The van der Waals surface area contributed by atoms with Crippen molar-refractivity contribution >= 4 is 22.0 Å². The molecule has 1 unspecified atom stereocenters. The van der Waals surface area contributed by atoms with E-state index in [1.54, 1.807) is 0 Å². The van der Waals surface area contributed by atoms with E-state index in [1.165, 1.54) is 16.7 Å². The van der Waals surface area contributed by atoms with Gasteiger partial charge in [-0.2, -0.15) is 0 Å². The molecule has 1 aliphatic carbocycles. The molecular formula is C12H14BrN. The molecule has 1 aromatic rings. The molecule has 1 nitrogen and oxygen atoms in total. The Morgan fingerprint density at radius 2 is 2.14 bits per heavy atom. The van der Waals surface area contributed by atoms with Gasteiger partial charge in [0, 0.05) is 10.5 Å². The maximum atomic E-state index is 5.88. The van der Waals surface area contributed by atoms with E-state index in [2.05, 4.69) is 47.1 Å². The Hall–Kier alpha value is -0.600. The fourth-order valence-corrected chi connectivity index (χ4v) is 2.25. The van der Waals surface area contributed by atoms with E-state index in [1.807, 2.05) is 0 Å². The van der Waals surface area contributed by atoms with E-state index in [0.29, 0.717) is 0 Å². The summed E-state index contributed by atoms with van der Waals surface area (Å²) in [6, 6.07) is 6.62. The largest absolute Gasteiger partial charge is 0.324 e. The van der Waals surface area contributed by atoms with Gasteiger partial charge in [-0.05, 0) is 43.0 Å². The Bertz CT molecular complexity index is 380. The quantitative estimate of drug-likeness (QED) is 0.816. The van der Waals surface area contributed by atoms with Gasteiger partial charge >= 0.3 is 0 Å². The molecule has 0 saturated heterocycles. The van der Waals surface area contributed by atoms with Crippen molar-refractivity contribution in [3.63, 3.8) is 0 Å². The molecule has 0 fully saturated rings. The summed E-state index contributed by atoms with van der Waals surface area (Å²) in [5.74, 6) is 0. The van der Waals surface area contributed by atoms with Crippen LogP contribution < -0.4 is 5.73 Å². The van der Waals surface area contributed by atoms with Crippen LogP contribution in [0.25, 0.3) is 6.08 Å². The van der Waals surface area contributed by atoms with Gasteiger partial charge in [0.2, 0.25) is 0 Å². The lowest BCUT2D eigenvalue weighted by molar-refractivity contribution is 0.777. The third-order valence-corrected chi connectivity index (χ3v) is 3.21. The lowest BCUT2D eigenvalue weighted by Crippen LogP contribution is -2.20. The highest BCUT2D eigenvalue weighted by atomic mass is 79.9. The minimum absolute atomic E-state index is 0.187. The first-order valence-electron chi connectivity index (χ1n) is 4.91. The third kappa shape index (κ3) is 1.91. The summed E-state index contributed by atoms with van der Waals surface area (Å²) < 4.78 is 1.16. The van der Waals surface area contributed by atoms with Crippen LogP contribution in [0, 0.1) is 0 Å². The highest BCUT2D eigenvalue weighted by Crippen LogP contribution is 2.27. The highest BCUT2D eigenvalue weighted by Gasteiger charge is 2.12. The van der Waals surface area contributed by atoms with Gasteiger partial charge in [-0.3, -0.25) is 0 Å². The standard InChI is InChI=1S/C12H14BrN/c1-8(14)9-2-3-11-7-12(13)5-4-10(11)6-9/h4-8H,2-3,14H2,1H3. The fraction of sp³-hybridized carbons (Fsp3) is 0.333. The van der Waals surface area contributed by atoms with Crippen molar-refractivity contribution in [1.29, 1.82) is 0 Å². The van der Waals surface area contributed by atoms with Crippen molar-refractivity contribution in [3.8, 4) is 0 Å². The summed E-state index contributed by atoms with van der Waals surface area (Å²) in [5, 5.41) is 0. The van der Waals surface area contributed by atoms with Crippen LogP contribution in [0.4, 0.5) is 0 Å². The Morgan fingerprint density at radius 1 is 1.36 bits per heavy atom. The lowest BCUT2D eigenvalue weighted by atomic mass is 9.89. The molecule has 74 valence electrons. The zero-order chi connectivity index (χ0) is 10.1. The van der Waals surface area contributed by atoms with Gasteiger partial charge < -0.3 is 5.73 Å². The monoisotopic (exact) mass is 251 g/mol. The number of hydrogen-bond acceptors (Lipinski definition) is 1. The maximum absolute atomic E-state index is 5.88. The van der Waals surface area contributed by atoms with Gasteiger partial charge in [0.1, 0.15) is 0 Å². The normalized spacial score (nSPS) is 17.2. The van der Waals surface area contributed by atoms with Crippen LogP contribution in [0.1, 0.15) is 24.5 Å². The number of halogens is 1. The van der Waals surface area contributed by atoms with Crippen molar-refractivity contribution in [1.82, 2.24) is 0 Å². The molecule has 1 atom stereocenters. The molecule has 2 heteroatoms. The fourth-order valence-electron chi connectivity index (χ4n) is 1.84. The summed E-state index contributed by atoms with van der Waals surface area (Å²) in [6.07, 6.45) is 4.44. The van der Waals surface area contributed by atoms with Crippen molar-refractivity contribution in [2.45, 2.75) is 25.8 Å². The zero-order valence-electron chi connectivity index (χ0n) is 8.26. The van der Waals surface area contributed by atoms with Crippen LogP contribution in [-0.4, -0.2) is 6.04 Å². The Balaban J connectivity index is 2.40.